The molecule has 1 atom stereocenters. The van der Waals surface area contributed by atoms with Crippen molar-refractivity contribution in [2.75, 3.05) is 13.2 Å². The number of benzene rings is 2. The standard InChI is InChI=1S/C18H21FO2/c19-17-10-8-15(9-11-17)13-16(14-20)5-4-12-21-18-6-2-1-3-7-18/h1-3,6-11,16,20H,4-5,12-14H2. The maximum atomic E-state index is 12.8. The van der Waals surface area contributed by atoms with Crippen molar-refractivity contribution in [3.8, 4) is 5.75 Å². The Labute approximate surface area is 125 Å². The Morgan fingerprint density at radius 2 is 1.71 bits per heavy atom. The number of aliphatic hydroxyl groups excluding tert-OH is 1. The minimum absolute atomic E-state index is 0.142. The first-order valence-electron chi connectivity index (χ1n) is 7.31. The summed E-state index contributed by atoms with van der Waals surface area (Å²) in [5.41, 5.74) is 1.06. The van der Waals surface area contributed by atoms with Crippen molar-refractivity contribution in [1.29, 1.82) is 0 Å². The molecule has 0 saturated heterocycles. The van der Waals surface area contributed by atoms with Gasteiger partial charge in [0.25, 0.3) is 0 Å². The Morgan fingerprint density at radius 3 is 2.38 bits per heavy atom. The molecule has 0 heterocycles. The minimum atomic E-state index is -0.226. The lowest BCUT2D eigenvalue weighted by Crippen LogP contribution is -2.11. The monoisotopic (exact) mass is 288 g/mol. The molecular weight excluding hydrogens is 267 g/mol. The zero-order valence-corrected chi connectivity index (χ0v) is 12.0. The van der Waals surface area contributed by atoms with Crippen LogP contribution in [-0.2, 0) is 6.42 Å². The molecule has 3 heteroatoms. The summed E-state index contributed by atoms with van der Waals surface area (Å²) in [7, 11) is 0. The van der Waals surface area contributed by atoms with Crippen LogP contribution in [0.1, 0.15) is 18.4 Å². The molecule has 0 spiro atoms. The molecule has 0 aliphatic heterocycles. The molecule has 2 aromatic rings. The van der Waals surface area contributed by atoms with Gasteiger partial charge >= 0.3 is 0 Å². The summed E-state index contributed by atoms with van der Waals surface area (Å²) < 4.78 is 18.5. The number of ether oxygens (including phenoxy) is 1. The van der Waals surface area contributed by atoms with Gasteiger partial charge in [-0.3, -0.25) is 0 Å². The van der Waals surface area contributed by atoms with E-state index < -0.39 is 0 Å². The molecular formula is C18H21FO2. The lowest BCUT2D eigenvalue weighted by Gasteiger charge is -2.14. The van der Waals surface area contributed by atoms with Crippen LogP contribution in [0.5, 0.6) is 5.75 Å². The van der Waals surface area contributed by atoms with Crippen molar-refractivity contribution >= 4 is 0 Å². The van der Waals surface area contributed by atoms with Crippen LogP contribution in [0.15, 0.2) is 54.6 Å². The minimum Gasteiger partial charge on any atom is -0.494 e. The van der Waals surface area contributed by atoms with E-state index in [4.69, 9.17) is 4.74 Å². The van der Waals surface area contributed by atoms with Gasteiger partial charge in [0.1, 0.15) is 11.6 Å². The van der Waals surface area contributed by atoms with Gasteiger partial charge in [0.15, 0.2) is 0 Å². The number of rotatable bonds is 8. The van der Waals surface area contributed by atoms with Gasteiger partial charge in [0.05, 0.1) is 6.61 Å². The number of aliphatic hydroxyl groups is 1. The first-order valence-corrected chi connectivity index (χ1v) is 7.31. The van der Waals surface area contributed by atoms with Crippen LogP contribution in [0, 0.1) is 11.7 Å². The fourth-order valence-corrected chi connectivity index (χ4v) is 2.29. The number of hydrogen-bond acceptors (Lipinski definition) is 2. The predicted molar refractivity (Wildman–Crippen MR) is 81.9 cm³/mol. The third-order valence-electron chi connectivity index (χ3n) is 3.46. The second-order valence-corrected chi connectivity index (χ2v) is 5.18. The van der Waals surface area contributed by atoms with E-state index in [1.165, 1.54) is 12.1 Å². The van der Waals surface area contributed by atoms with Gasteiger partial charge in [0.2, 0.25) is 0 Å². The van der Waals surface area contributed by atoms with E-state index in [1.807, 2.05) is 30.3 Å². The van der Waals surface area contributed by atoms with Crippen LogP contribution in [0.2, 0.25) is 0 Å². The van der Waals surface area contributed by atoms with E-state index in [2.05, 4.69) is 0 Å². The molecule has 1 unspecified atom stereocenters. The van der Waals surface area contributed by atoms with E-state index in [1.54, 1.807) is 12.1 Å². The van der Waals surface area contributed by atoms with Crippen LogP contribution in [0.4, 0.5) is 4.39 Å². The zero-order chi connectivity index (χ0) is 14.9. The smallest absolute Gasteiger partial charge is 0.123 e. The van der Waals surface area contributed by atoms with Crippen LogP contribution < -0.4 is 4.74 Å². The molecule has 112 valence electrons. The highest BCUT2D eigenvalue weighted by atomic mass is 19.1. The van der Waals surface area contributed by atoms with Crippen molar-refractivity contribution in [1.82, 2.24) is 0 Å². The summed E-state index contributed by atoms with van der Waals surface area (Å²) >= 11 is 0. The third-order valence-corrected chi connectivity index (χ3v) is 3.46. The van der Waals surface area contributed by atoms with Gasteiger partial charge in [-0.2, -0.15) is 0 Å². The molecule has 21 heavy (non-hydrogen) atoms. The molecule has 2 aromatic carbocycles. The van der Waals surface area contributed by atoms with Gasteiger partial charge in [-0.25, -0.2) is 4.39 Å². The molecule has 0 bridgehead atoms. The Morgan fingerprint density at radius 1 is 1.00 bits per heavy atom. The second kappa shape index (κ2) is 8.42. The average molecular weight is 288 g/mol. The Kier molecular flexibility index (Phi) is 6.22. The highest BCUT2D eigenvalue weighted by molar-refractivity contribution is 5.20. The fraction of sp³-hybridized carbons (Fsp3) is 0.333. The summed E-state index contributed by atoms with van der Waals surface area (Å²) in [5, 5.41) is 9.44. The van der Waals surface area contributed by atoms with Gasteiger partial charge in [-0.05, 0) is 55.0 Å². The Hall–Kier alpha value is -1.87. The molecule has 0 amide bonds. The molecule has 0 aromatic heterocycles. The van der Waals surface area contributed by atoms with Crippen LogP contribution in [-0.4, -0.2) is 18.3 Å². The van der Waals surface area contributed by atoms with Gasteiger partial charge < -0.3 is 9.84 Å². The molecule has 0 aliphatic carbocycles. The maximum absolute atomic E-state index is 12.8. The molecule has 2 nitrogen and oxygen atoms in total. The lowest BCUT2D eigenvalue weighted by atomic mass is 9.96. The van der Waals surface area contributed by atoms with Gasteiger partial charge in [-0.15, -0.1) is 0 Å². The van der Waals surface area contributed by atoms with Gasteiger partial charge in [0, 0.05) is 6.61 Å². The summed E-state index contributed by atoms with van der Waals surface area (Å²) in [5.74, 6) is 0.835. The Balaban J connectivity index is 1.71. The largest absolute Gasteiger partial charge is 0.494 e. The molecule has 1 N–H and O–H groups in total. The van der Waals surface area contributed by atoms with Crippen LogP contribution in [0.3, 0.4) is 0 Å². The number of halogens is 1. The highest BCUT2D eigenvalue weighted by Gasteiger charge is 2.09. The molecule has 0 radical (unpaired) electrons. The third kappa shape index (κ3) is 5.56. The van der Waals surface area contributed by atoms with Crippen molar-refractivity contribution in [2.45, 2.75) is 19.3 Å². The van der Waals surface area contributed by atoms with E-state index in [0.29, 0.717) is 6.61 Å². The summed E-state index contributed by atoms with van der Waals surface area (Å²) in [6, 6.07) is 16.2. The van der Waals surface area contributed by atoms with E-state index in [-0.39, 0.29) is 18.3 Å². The SMILES string of the molecule is OCC(CCCOc1ccccc1)Cc1ccc(F)cc1. The van der Waals surface area contributed by atoms with E-state index >= 15 is 0 Å². The Bertz CT molecular complexity index is 511. The summed E-state index contributed by atoms with van der Waals surface area (Å²) in [4.78, 5) is 0. The zero-order valence-electron chi connectivity index (χ0n) is 12.0. The van der Waals surface area contributed by atoms with E-state index in [9.17, 15) is 9.50 Å². The summed E-state index contributed by atoms with van der Waals surface area (Å²) in [6.07, 6.45) is 2.55. The lowest BCUT2D eigenvalue weighted by molar-refractivity contribution is 0.205. The molecule has 0 saturated carbocycles. The molecule has 0 fully saturated rings. The topological polar surface area (TPSA) is 29.5 Å². The molecule has 0 aliphatic rings. The normalized spacial score (nSPS) is 12.1. The first-order chi connectivity index (χ1) is 10.3. The number of hydrogen-bond donors (Lipinski definition) is 1. The van der Waals surface area contributed by atoms with Crippen LogP contribution >= 0.6 is 0 Å². The van der Waals surface area contributed by atoms with Crippen LogP contribution in [0.25, 0.3) is 0 Å². The summed E-state index contributed by atoms with van der Waals surface area (Å²) in [6.45, 7) is 0.784. The van der Waals surface area contributed by atoms with E-state index in [0.717, 1.165) is 30.6 Å². The first kappa shape index (κ1) is 15.5. The van der Waals surface area contributed by atoms with Crippen molar-refractivity contribution in [3.63, 3.8) is 0 Å². The maximum Gasteiger partial charge on any atom is 0.123 e. The van der Waals surface area contributed by atoms with Crippen molar-refractivity contribution < 1.29 is 14.2 Å². The van der Waals surface area contributed by atoms with Gasteiger partial charge in [-0.1, -0.05) is 30.3 Å². The molecule has 2 rings (SSSR count). The fourth-order valence-electron chi connectivity index (χ4n) is 2.29. The second-order valence-electron chi connectivity index (χ2n) is 5.18. The highest BCUT2D eigenvalue weighted by Crippen LogP contribution is 2.15. The average Bonchev–Trinajstić information content (AvgIpc) is 2.53. The quantitative estimate of drug-likeness (QED) is 0.748. The number of para-hydroxylation sites is 1. The van der Waals surface area contributed by atoms with Crippen molar-refractivity contribution in [3.05, 3.63) is 66.0 Å². The van der Waals surface area contributed by atoms with Crippen molar-refractivity contribution in [2.24, 2.45) is 5.92 Å². The predicted octanol–water partition coefficient (Wildman–Crippen LogP) is 3.84.